The van der Waals surface area contributed by atoms with Crippen molar-refractivity contribution in [2.24, 2.45) is 16.3 Å². The van der Waals surface area contributed by atoms with Crippen LogP contribution in [0.5, 0.6) is 5.75 Å². The minimum Gasteiger partial charge on any atom is -0.496 e. The van der Waals surface area contributed by atoms with Gasteiger partial charge in [0, 0.05) is 34.9 Å². The second kappa shape index (κ2) is 7.74. The number of Topliss-reactive ketones (excluding diaryl/α,β-unsaturated/α-hetero) is 1. The lowest BCUT2D eigenvalue weighted by atomic mass is 9.66. The zero-order chi connectivity index (χ0) is 20.5. The van der Waals surface area contributed by atoms with Crippen molar-refractivity contribution in [3.05, 3.63) is 53.8 Å². The Balaban J connectivity index is 2.19. The van der Waals surface area contributed by atoms with Gasteiger partial charge in [0.2, 0.25) is 0 Å². The molecule has 1 aromatic rings. The number of ether oxygens (including phenoxy) is 2. The number of carbonyl (C=O) groups excluding carboxylic acids is 2. The molecule has 1 aliphatic carbocycles. The van der Waals surface area contributed by atoms with Gasteiger partial charge in [-0.2, -0.15) is 0 Å². The second-order valence-electron chi connectivity index (χ2n) is 8.17. The first-order valence-electron chi connectivity index (χ1n) is 9.51. The zero-order valence-corrected chi connectivity index (χ0v) is 17.0. The minimum absolute atomic E-state index is 0.0416. The molecule has 0 amide bonds. The molecule has 5 heteroatoms. The van der Waals surface area contributed by atoms with Crippen LogP contribution in [-0.2, 0) is 14.3 Å². The van der Waals surface area contributed by atoms with Crippen LogP contribution in [0, 0.1) is 11.3 Å². The van der Waals surface area contributed by atoms with Gasteiger partial charge in [0.05, 0.1) is 7.11 Å². The van der Waals surface area contributed by atoms with Crippen molar-refractivity contribution in [1.29, 1.82) is 0 Å². The number of carbonyl (C=O) groups is 2. The van der Waals surface area contributed by atoms with E-state index in [0.29, 0.717) is 29.9 Å². The lowest BCUT2D eigenvalue weighted by Gasteiger charge is -2.39. The van der Waals surface area contributed by atoms with Crippen molar-refractivity contribution in [3.8, 4) is 5.75 Å². The highest BCUT2D eigenvalue weighted by atomic mass is 16.5. The van der Waals surface area contributed by atoms with E-state index in [1.165, 1.54) is 6.08 Å². The number of rotatable bonds is 5. The smallest absolute Gasteiger partial charge is 0.315 e. The quantitative estimate of drug-likeness (QED) is 0.565. The summed E-state index contributed by atoms with van der Waals surface area (Å²) in [4.78, 5) is 30.8. The molecule has 28 heavy (non-hydrogen) atoms. The molecule has 2 atom stereocenters. The molecular formula is C23H27NO4. The molecule has 1 unspecified atom stereocenters. The maximum absolute atomic E-state index is 13.2. The monoisotopic (exact) mass is 381 g/mol. The number of hydrogen-bond acceptors (Lipinski definition) is 5. The van der Waals surface area contributed by atoms with Crippen molar-refractivity contribution in [2.45, 2.75) is 39.5 Å². The topological polar surface area (TPSA) is 65.0 Å². The van der Waals surface area contributed by atoms with Crippen LogP contribution in [0.25, 0.3) is 0 Å². The van der Waals surface area contributed by atoms with Crippen LogP contribution in [0.4, 0.5) is 0 Å². The fourth-order valence-corrected chi connectivity index (χ4v) is 4.24. The minimum atomic E-state index is -0.667. The SMILES string of the molecule is C=CCOC(=O)C1C(C)=NC2=C(C(=O)CC(C)(C)C2)[C@H]1c1ccccc1OC. The van der Waals surface area contributed by atoms with Gasteiger partial charge in [0.25, 0.3) is 0 Å². The number of benzene rings is 1. The van der Waals surface area contributed by atoms with Crippen LogP contribution in [0.2, 0.25) is 0 Å². The third-order valence-electron chi connectivity index (χ3n) is 5.37. The molecule has 0 spiro atoms. The summed E-state index contributed by atoms with van der Waals surface area (Å²) < 4.78 is 10.9. The van der Waals surface area contributed by atoms with Crippen LogP contribution in [-0.4, -0.2) is 31.2 Å². The Kier molecular flexibility index (Phi) is 5.54. The van der Waals surface area contributed by atoms with Gasteiger partial charge in [-0.1, -0.05) is 44.7 Å². The van der Waals surface area contributed by atoms with E-state index in [2.05, 4.69) is 20.4 Å². The molecule has 0 aromatic heterocycles. The van der Waals surface area contributed by atoms with Gasteiger partial charge in [0.15, 0.2) is 5.78 Å². The van der Waals surface area contributed by atoms with Crippen LogP contribution < -0.4 is 4.74 Å². The van der Waals surface area contributed by atoms with Gasteiger partial charge in [-0.15, -0.1) is 0 Å². The molecule has 0 bridgehead atoms. The lowest BCUT2D eigenvalue weighted by molar-refractivity contribution is -0.145. The Bertz CT molecular complexity index is 878. The van der Waals surface area contributed by atoms with Crippen molar-refractivity contribution >= 4 is 17.5 Å². The molecule has 3 rings (SSSR count). The van der Waals surface area contributed by atoms with Crippen LogP contribution in [0.15, 0.2) is 53.2 Å². The third kappa shape index (κ3) is 3.66. The fourth-order valence-electron chi connectivity index (χ4n) is 4.24. The number of ketones is 1. The fraction of sp³-hybridized carbons (Fsp3) is 0.435. The number of methoxy groups -OCH3 is 1. The highest BCUT2D eigenvalue weighted by molar-refractivity contribution is 6.09. The molecule has 148 valence electrons. The maximum atomic E-state index is 13.2. The zero-order valence-electron chi connectivity index (χ0n) is 17.0. The summed E-state index contributed by atoms with van der Waals surface area (Å²) in [6, 6.07) is 7.52. The van der Waals surface area contributed by atoms with Crippen molar-refractivity contribution < 1.29 is 19.1 Å². The molecule has 1 heterocycles. The summed E-state index contributed by atoms with van der Waals surface area (Å²) in [7, 11) is 1.59. The first-order valence-corrected chi connectivity index (χ1v) is 9.51. The predicted molar refractivity (Wildman–Crippen MR) is 109 cm³/mol. The van der Waals surface area contributed by atoms with Crippen molar-refractivity contribution in [1.82, 2.24) is 0 Å². The Morgan fingerprint density at radius 3 is 2.71 bits per heavy atom. The first kappa shape index (κ1) is 20.1. The van der Waals surface area contributed by atoms with Gasteiger partial charge >= 0.3 is 5.97 Å². The number of nitrogens with zero attached hydrogens (tertiary/aromatic N) is 1. The van der Waals surface area contributed by atoms with E-state index in [1.807, 2.05) is 31.2 Å². The summed E-state index contributed by atoms with van der Waals surface area (Å²) in [6.07, 6.45) is 2.66. The van der Waals surface area contributed by atoms with Crippen molar-refractivity contribution in [3.63, 3.8) is 0 Å². The van der Waals surface area contributed by atoms with E-state index >= 15 is 0 Å². The summed E-state index contributed by atoms with van der Waals surface area (Å²) in [5.41, 5.74) is 2.72. The summed E-state index contributed by atoms with van der Waals surface area (Å²) >= 11 is 0. The number of hydrogen-bond donors (Lipinski definition) is 0. The maximum Gasteiger partial charge on any atom is 0.315 e. The van der Waals surface area contributed by atoms with E-state index in [-0.39, 0.29) is 17.8 Å². The average molecular weight is 381 g/mol. The Morgan fingerprint density at radius 1 is 1.32 bits per heavy atom. The van der Waals surface area contributed by atoms with Gasteiger partial charge in [-0.3, -0.25) is 14.6 Å². The lowest BCUT2D eigenvalue weighted by Crippen LogP contribution is -2.39. The normalized spacial score (nSPS) is 23.6. The van der Waals surface area contributed by atoms with Crippen LogP contribution in [0.3, 0.4) is 0 Å². The van der Waals surface area contributed by atoms with Crippen LogP contribution >= 0.6 is 0 Å². The molecular weight excluding hydrogens is 354 g/mol. The van der Waals surface area contributed by atoms with E-state index in [0.717, 1.165) is 11.3 Å². The summed E-state index contributed by atoms with van der Waals surface area (Å²) in [6.45, 7) is 9.70. The third-order valence-corrected chi connectivity index (χ3v) is 5.37. The van der Waals surface area contributed by atoms with E-state index in [9.17, 15) is 9.59 Å². The average Bonchev–Trinajstić information content (AvgIpc) is 2.63. The molecule has 0 N–H and O–H groups in total. The summed E-state index contributed by atoms with van der Waals surface area (Å²) in [5.74, 6) is -0.848. The van der Waals surface area contributed by atoms with Gasteiger partial charge < -0.3 is 9.47 Å². The molecule has 1 aromatic carbocycles. The molecule has 0 radical (unpaired) electrons. The molecule has 0 saturated heterocycles. The second-order valence-corrected chi connectivity index (χ2v) is 8.17. The number of esters is 1. The van der Waals surface area contributed by atoms with Gasteiger partial charge in [0.1, 0.15) is 18.3 Å². The van der Waals surface area contributed by atoms with Crippen LogP contribution in [0.1, 0.15) is 45.1 Å². The van der Waals surface area contributed by atoms with E-state index in [4.69, 9.17) is 14.5 Å². The predicted octanol–water partition coefficient (Wildman–Crippen LogP) is 4.24. The Labute approximate surface area is 166 Å². The Morgan fingerprint density at radius 2 is 2.04 bits per heavy atom. The van der Waals surface area contributed by atoms with E-state index in [1.54, 1.807) is 7.11 Å². The highest BCUT2D eigenvalue weighted by Gasteiger charge is 2.46. The molecule has 1 aliphatic heterocycles. The highest BCUT2D eigenvalue weighted by Crippen LogP contribution is 2.49. The number of allylic oxidation sites excluding steroid dienone is 2. The molecule has 0 saturated carbocycles. The number of para-hydroxylation sites is 1. The number of aliphatic imine (C=N–C) groups is 1. The molecule has 5 nitrogen and oxygen atoms in total. The standard InChI is InChI=1S/C23H27NO4/c1-6-11-28-22(26)19-14(2)24-16-12-23(3,4)13-17(25)21(16)20(19)15-9-7-8-10-18(15)27-5/h6-10,19-20H,1,11-13H2,2-5H3/t19?,20-/m0/s1. The van der Waals surface area contributed by atoms with Gasteiger partial charge in [-0.05, 0) is 24.8 Å². The van der Waals surface area contributed by atoms with Crippen molar-refractivity contribution in [2.75, 3.05) is 13.7 Å². The molecule has 0 fully saturated rings. The summed E-state index contributed by atoms with van der Waals surface area (Å²) in [5, 5.41) is 0. The Hall–Kier alpha value is -2.69. The van der Waals surface area contributed by atoms with E-state index < -0.39 is 17.8 Å². The largest absolute Gasteiger partial charge is 0.496 e. The first-order chi connectivity index (χ1) is 13.3. The molecule has 2 aliphatic rings. The van der Waals surface area contributed by atoms with Gasteiger partial charge in [-0.25, -0.2) is 0 Å².